The number of aromatic nitrogens is 2. The first-order valence-electron chi connectivity index (χ1n) is 14.5. The SMILES string of the molecule is C=CC(=O)N1CCN(c2c(C#N)c(=O)n(C3C(C(C)C)=NC=CC3C)c3nc(-c4c(F)c(F)c(F)c(N)c4Cl)c(Cl)cc23)[C@@H](C)C1. The van der Waals surface area contributed by atoms with E-state index in [1.807, 2.05) is 32.6 Å². The van der Waals surface area contributed by atoms with Crippen LogP contribution in [0.4, 0.5) is 24.5 Å². The Kier molecular flexibility index (Phi) is 8.94. The zero-order chi connectivity index (χ0) is 33.8. The minimum Gasteiger partial charge on any atom is -0.395 e. The molecule has 2 unspecified atom stereocenters. The summed E-state index contributed by atoms with van der Waals surface area (Å²) in [5.74, 6) is -5.89. The topological polar surface area (TPSA) is 121 Å². The molecule has 1 fully saturated rings. The molecule has 2 aromatic heterocycles. The second-order valence-electron chi connectivity index (χ2n) is 11.6. The van der Waals surface area contributed by atoms with Crippen LogP contribution in [-0.4, -0.2) is 51.7 Å². The number of fused-ring (bicyclic) bond motifs is 1. The molecule has 9 nitrogen and oxygen atoms in total. The summed E-state index contributed by atoms with van der Waals surface area (Å²) in [5.41, 5.74) is 3.69. The van der Waals surface area contributed by atoms with E-state index in [9.17, 15) is 23.6 Å². The van der Waals surface area contributed by atoms with Crippen molar-refractivity contribution in [1.82, 2.24) is 14.5 Å². The van der Waals surface area contributed by atoms with E-state index in [0.717, 1.165) is 0 Å². The average Bonchev–Trinajstić information content (AvgIpc) is 3.03. The third-order valence-electron chi connectivity index (χ3n) is 8.44. The third kappa shape index (κ3) is 5.21. The molecule has 1 aromatic carbocycles. The molecule has 0 aliphatic carbocycles. The van der Waals surface area contributed by atoms with E-state index in [0.29, 0.717) is 5.71 Å². The lowest BCUT2D eigenvalue weighted by molar-refractivity contribution is -0.126. The number of pyridine rings is 2. The summed E-state index contributed by atoms with van der Waals surface area (Å²) in [7, 11) is 0. The smallest absolute Gasteiger partial charge is 0.272 e. The van der Waals surface area contributed by atoms with Gasteiger partial charge in [-0.05, 0) is 25.0 Å². The van der Waals surface area contributed by atoms with Crippen molar-refractivity contribution in [1.29, 1.82) is 5.26 Å². The quantitative estimate of drug-likeness (QED) is 0.148. The van der Waals surface area contributed by atoms with Gasteiger partial charge in [0.15, 0.2) is 17.5 Å². The van der Waals surface area contributed by atoms with E-state index in [4.69, 9.17) is 28.9 Å². The minimum absolute atomic E-state index is 0.0190. The monoisotopic (exact) mass is 671 g/mol. The second kappa shape index (κ2) is 12.5. The van der Waals surface area contributed by atoms with E-state index in [-0.39, 0.29) is 76.4 Å². The van der Waals surface area contributed by atoms with Crippen LogP contribution in [0, 0.1) is 40.6 Å². The number of nitrogens with zero attached hydrogens (tertiary/aromatic N) is 6. The number of nitrogen functional groups attached to an aromatic ring is 1. The van der Waals surface area contributed by atoms with Gasteiger partial charge in [0, 0.05) is 48.9 Å². The fourth-order valence-electron chi connectivity index (χ4n) is 6.17. The number of halogens is 5. The summed E-state index contributed by atoms with van der Waals surface area (Å²) in [4.78, 5) is 39.5. The van der Waals surface area contributed by atoms with Gasteiger partial charge in [-0.2, -0.15) is 5.26 Å². The van der Waals surface area contributed by atoms with E-state index >= 15 is 4.39 Å². The highest BCUT2D eigenvalue weighted by Gasteiger charge is 2.36. The van der Waals surface area contributed by atoms with Gasteiger partial charge in [-0.1, -0.05) is 56.6 Å². The van der Waals surface area contributed by atoms with Gasteiger partial charge in [0.05, 0.1) is 38.7 Å². The molecular weight excluding hydrogens is 642 g/mol. The van der Waals surface area contributed by atoms with Crippen molar-refractivity contribution in [3.63, 3.8) is 0 Å². The van der Waals surface area contributed by atoms with E-state index in [2.05, 4.69) is 22.6 Å². The van der Waals surface area contributed by atoms with Crippen LogP contribution in [-0.2, 0) is 4.79 Å². The van der Waals surface area contributed by atoms with Crippen molar-refractivity contribution in [3.05, 3.63) is 74.4 Å². The highest BCUT2D eigenvalue weighted by atomic mass is 35.5. The van der Waals surface area contributed by atoms with Gasteiger partial charge in [0.25, 0.3) is 5.56 Å². The Bertz CT molecular complexity index is 1940. The van der Waals surface area contributed by atoms with Gasteiger partial charge < -0.3 is 15.5 Å². The molecule has 2 N–H and O–H groups in total. The number of anilines is 2. The Morgan fingerprint density at radius 2 is 1.89 bits per heavy atom. The van der Waals surface area contributed by atoms with Gasteiger partial charge in [-0.25, -0.2) is 18.2 Å². The van der Waals surface area contributed by atoms with Crippen molar-refractivity contribution in [2.75, 3.05) is 30.3 Å². The predicted octanol–water partition coefficient (Wildman–Crippen LogP) is 6.27. The van der Waals surface area contributed by atoms with Crippen LogP contribution in [0.1, 0.15) is 39.3 Å². The number of aliphatic imine (C=N–C) groups is 1. The van der Waals surface area contributed by atoms with Gasteiger partial charge in [0.2, 0.25) is 5.91 Å². The van der Waals surface area contributed by atoms with E-state index < -0.39 is 45.3 Å². The van der Waals surface area contributed by atoms with Gasteiger partial charge in [0.1, 0.15) is 17.3 Å². The highest BCUT2D eigenvalue weighted by Crippen LogP contribution is 2.43. The van der Waals surface area contributed by atoms with Gasteiger partial charge in [-0.3, -0.25) is 19.1 Å². The Hall–Kier alpha value is -4.34. The van der Waals surface area contributed by atoms with Crippen LogP contribution in [0.5, 0.6) is 0 Å². The number of nitriles is 1. The molecule has 2 aliphatic rings. The maximum atomic E-state index is 15.4. The number of carbonyl (C=O) groups excluding carboxylic acids is 1. The molecule has 46 heavy (non-hydrogen) atoms. The number of carbonyl (C=O) groups is 1. The molecule has 2 aliphatic heterocycles. The molecule has 240 valence electrons. The summed E-state index contributed by atoms with van der Waals surface area (Å²) in [5, 5.41) is 9.84. The molecule has 3 aromatic rings. The molecule has 3 atom stereocenters. The lowest BCUT2D eigenvalue weighted by atomic mass is 9.88. The Labute approximate surface area is 273 Å². The molecular formula is C32H30Cl2F3N7O2. The average molecular weight is 673 g/mol. The summed E-state index contributed by atoms with van der Waals surface area (Å²) < 4.78 is 45.6. The van der Waals surface area contributed by atoms with Crippen LogP contribution < -0.4 is 16.2 Å². The predicted molar refractivity (Wildman–Crippen MR) is 174 cm³/mol. The Balaban J connectivity index is 1.90. The fraction of sp³-hybridized carbons (Fsp3) is 0.344. The second-order valence-corrected chi connectivity index (χ2v) is 12.4. The number of hydrogen-bond donors (Lipinski definition) is 1. The van der Waals surface area contributed by atoms with Crippen LogP contribution in [0.25, 0.3) is 22.3 Å². The van der Waals surface area contributed by atoms with Crippen LogP contribution >= 0.6 is 23.2 Å². The molecule has 1 amide bonds. The lowest BCUT2D eigenvalue weighted by Crippen LogP contribution is -2.54. The van der Waals surface area contributed by atoms with E-state index in [1.165, 1.54) is 16.7 Å². The zero-order valence-corrected chi connectivity index (χ0v) is 26.9. The number of allylic oxidation sites excluding steroid dienone is 1. The largest absolute Gasteiger partial charge is 0.395 e. The summed E-state index contributed by atoms with van der Waals surface area (Å²) in [6, 6.07) is 2.37. The maximum absolute atomic E-state index is 15.4. The molecule has 0 spiro atoms. The fourth-order valence-corrected chi connectivity index (χ4v) is 6.68. The van der Waals surface area contributed by atoms with Crippen molar-refractivity contribution in [2.24, 2.45) is 16.8 Å². The minimum atomic E-state index is -1.87. The van der Waals surface area contributed by atoms with Crippen LogP contribution in [0.2, 0.25) is 10.0 Å². The molecule has 14 heteroatoms. The number of benzene rings is 1. The van der Waals surface area contributed by atoms with Crippen molar-refractivity contribution >= 4 is 57.2 Å². The molecule has 0 saturated carbocycles. The first-order chi connectivity index (χ1) is 21.7. The lowest BCUT2D eigenvalue weighted by Gasteiger charge is -2.42. The first kappa shape index (κ1) is 33.0. The Morgan fingerprint density at radius 3 is 2.50 bits per heavy atom. The first-order valence-corrected chi connectivity index (χ1v) is 15.2. The van der Waals surface area contributed by atoms with Gasteiger partial charge in [-0.15, -0.1) is 0 Å². The van der Waals surface area contributed by atoms with Gasteiger partial charge >= 0.3 is 0 Å². The number of nitrogens with two attached hydrogens (primary N) is 1. The summed E-state index contributed by atoms with van der Waals surface area (Å²) in [6.07, 6.45) is 4.66. The maximum Gasteiger partial charge on any atom is 0.272 e. The number of rotatable bonds is 5. The summed E-state index contributed by atoms with van der Waals surface area (Å²) in [6.45, 7) is 11.9. The molecule has 1 saturated heterocycles. The highest BCUT2D eigenvalue weighted by molar-refractivity contribution is 6.38. The van der Waals surface area contributed by atoms with Crippen LogP contribution in [0.3, 0.4) is 0 Å². The molecule has 5 rings (SSSR count). The molecule has 0 radical (unpaired) electrons. The normalized spacial score (nSPS) is 19.8. The molecule has 0 bridgehead atoms. The van der Waals surface area contributed by atoms with Crippen molar-refractivity contribution in [3.8, 4) is 17.3 Å². The van der Waals surface area contributed by atoms with Crippen LogP contribution in [0.15, 0.2) is 40.8 Å². The Morgan fingerprint density at radius 1 is 1.20 bits per heavy atom. The number of amides is 1. The molecule has 4 heterocycles. The number of piperazine rings is 1. The number of hydrogen-bond acceptors (Lipinski definition) is 7. The van der Waals surface area contributed by atoms with E-state index in [1.54, 1.807) is 17.2 Å². The zero-order valence-electron chi connectivity index (χ0n) is 25.4. The third-order valence-corrected chi connectivity index (χ3v) is 9.12. The summed E-state index contributed by atoms with van der Waals surface area (Å²) >= 11 is 13.0. The van der Waals surface area contributed by atoms with Crippen molar-refractivity contribution < 1.29 is 18.0 Å². The van der Waals surface area contributed by atoms with Crippen molar-refractivity contribution in [2.45, 2.75) is 39.8 Å². The standard InChI is InChI=1S/C32H30Cl2F3N7O2/c1-6-20(45)42-9-10-43(16(5)13-42)30-17-11-19(33)28(21-22(34)26(39)25(37)24(36)23(21)35)41-31(17)44(32(46)18(30)12-38)29-15(4)7-8-40-27(29)14(2)3/h6-8,11,14-16,29H,1,9-10,13,39H2,2-5H3/t15?,16-,29?/m0/s1.